The largest absolute Gasteiger partial charge is 0.312 e. The Morgan fingerprint density at radius 1 is 1.29 bits per heavy atom. The molecule has 92 valence electrons. The summed E-state index contributed by atoms with van der Waals surface area (Å²) in [4.78, 5) is 2.68. The van der Waals surface area contributed by atoms with Crippen molar-refractivity contribution < 1.29 is 0 Å². The molecule has 2 unspecified atom stereocenters. The Labute approximate surface area is 104 Å². The lowest BCUT2D eigenvalue weighted by Gasteiger charge is -2.40. The van der Waals surface area contributed by atoms with Gasteiger partial charge in [0.2, 0.25) is 0 Å². The molecule has 2 aliphatic rings. The molecule has 1 aliphatic heterocycles. The fourth-order valence-electron chi connectivity index (χ4n) is 3.35. The number of nitrogens with zero attached hydrogens (tertiary/aromatic N) is 1. The van der Waals surface area contributed by atoms with E-state index in [1.54, 1.807) is 11.1 Å². The van der Waals surface area contributed by atoms with Gasteiger partial charge < -0.3 is 5.32 Å². The van der Waals surface area contributed by atoms with Gasteiger partial charge in [0.15, 0.2) is 0 Å². The van der Waals surface area contributed by atoms with E-state index in [1.165, 1.54) is 32.4 Å². The van der Waals surface area contributed by atoms with Gasteiger partial charge in [-0.3, -0.25) is 4.90 Å². The molecule has 0 aromatic heterocycles. The second-order valence-corrected chi connectivity index (χ2v) is 5.46. The first-order valence-electron chi connectivity index (χ1n) is 6.90. The minimum Gasteiger partial charge on any atom is -0.312 e. The van der Waals surface area contributed by atoms with Crippen LogP contribution in [0.15, 0.2) is 24.3 Å². The summed E-state index contributed by atoms with van der Waals surface area (Å²) in [6, 6.07) is 10.3. The molecule has 2 heteroatoms. The number of hydrogen-bond acceptors (Lipinski definition) is 2. The summed E-state index contributed by atoms with van der Waals surface area (Å²) < 4.78 is 0. The number of nitrogens with one attached hydrogen (secondary N) is 1. The van der Waals surface area contributed by atoms with Crippen molar-refractivity contribution in [3.05, 3.63) is 35.4 Å². The van der Waals surface area contributed by atoms with Crippen molar-refractivity contribution in [3.8, 4) is 0 Å². The first-order chi connectivity index (χ1) is 8.34. The highest BCUT2D eigenvalue weighted by molar-refractivity contribution is 5.32. The summed E-state index contributed by atoms with van der Waals surface area (Å²) >= 11 is 0. The van der Waals surface area contributed by atoms with Crippen LogP contribution in [-0.4, -0.2) is 30.6 Å². The lowest BCUT2D eigenvalue weighted by atomic mass is 9.86. The summed E-state index contributed by atoms with van der Waals surface area (Å²) in [5.74, 6) is 0. The van der Waals surface area contributed by atoms with Crippen LogP contribution in [-0.2, 0) is 6.42 Å². The maximum absolute atomic E-state index is 3.53. The third-order valence-electron chi connectivity index (χ3n) is 4.18. The van der Waals surface area contributed by atoms with Crippen LogP contribution in [0.2, 0.25) is 0 Å². The van der Waals surface area contributed by atoms with E-state index < -0.39 is 0 Å². The maximum atomic E-state index is 3.53. The van der Waals surface area contributed by atoms with Crippen molar-refractivity contribution >= 4 is 0 Å². The van der Waals surface area contributed by atoms with Crippen LogP contribution < -0.4 is 5.32 Å². The van der Waals surface area contributed by atoms with Crippen LogP contribution in [0.5, 0.6) is 0 Å². The third kappa shape index (κ3) is 2.24. The van der Waals surface area contributed by atoms with Crippen LogP contribution >= 0.6 is 0 Å². The summed E-state index contributed by atoms with van der Waals surface area (Å²) in [5.41, 5.74) is 3.17. The summed E-state index contributed by atoms with van der Waals surface area (Å²) in [6.45, 7) is 5.82. The predicted molar refractivity (Wildman–Crippen MR) is 71.2 cm³/mol. The zero-order valence-electron chi connectivity index (χ0n) is 10.7. The predicted octanol–water partition coefficient (Wildman–Crippen LogP) is 2.36. The van der Waals surface area contributed by atoms with E-state index >= 15 is 0 Å². The van der Waals surface area contributed by atoms with E-state index in [9.17, 15) is 0 Å². The highest BCUT2D eigenvalue weighted by Gasteiger charge is 2.28. The second kappa shape index (κ2) is 4.79. The van der Waals surface area contributed by atoms with Crippen LogP contribution in [0.25, 0.3) is 0 Å². The molecule has 3 rings (SSSR count). The van der Waals surface area contributed by atoms with Gasteiger partial charge in [-0.25, -0.2) is 0 Å². The van der Waals surface area contributed by atoms with E-state index in [4.69, 9.17) is 0 Å². The molecule has 0 bridgehead atoms. The van der Waals surface area contributed by atoms with Gasteiger partial charge in [0.05, 0.1) is 0 Å². The number of rotatable bonds is 1. The molecule has 1 aliphatic carbocycles. The average molecular weight is 230 g/mol. The number of aryl methyl sites for hydroxylation is 1. The lowest BCUT2D eigenvalue weighted by molar-refractivity contribution is 0.135. The molecule has 1 aromatic rings. The van der Waals surface area contributed by atoms with E-state index in [0.717, 1.165) is 6.54 Å². The molecule has 0 saturated carbocycles. The number of benzene rings is 1. The molecule has 0 amide bonds. The Hall–Kier alpha value is -0.860. The second-order valence-electron chi connectivity index (χ2n) is 5.46. The van der Waals surface area contributed by atoms with Crippen LogP contribution in [0.3, 0.4) is 0 Å². The van der Waals surface area contributed by atoms with Crippen molar-refractivity contribution in [1.29, 1.82) is 0 Å². The Morgan fingerprint density at radius 3 is 3.06 bits per heavy atom. The van der Waals surface area contributed by atoms with Crippen molar-refractivity contribution in [1.82, 2.24) is 10.2 Å². The molecule has 1 saturated heterocycles. The fraction of sp³-hybridized carbons (Fsp3) is 0.600. The van der Waals surface area contributed by atoms with Gasteiger partial charge in [-0.15, -0.1) is 0 Å². The van der Waals surface area contributed by atoms with E-state index in [0.29, 0.717) is 12.1 Å². The summed E-state index contributed by atoms with van der Waals surface area (Å²) in [5, 5.41) is 3.53. The third-order valence-corrected chi connectivity index (χ3v) is 4.18. The van der Waals surface area contributed by atoms with E-state index in [2.05, 4.69) is 41.4 Å². The molecule has 0 radical (unpaired) electrons. The molecular formula is C15H22N2. The average Bonchev–Trinajstić information content (AvgIpc) is 2.38. The van der Waals surface area contributed by atoms with Gasteiger partial charge in [0.25, 0.3) is 0 Å². The van der Waals surface area contributed by atoms with Crippen LogP contribution in [0.1, 0.15) is 36.9 Å². The molecular weight excluding hydrogens is 208 g/mol. The minimum absolute atomic E-state index is 0.637. The fourth-order valence-corrected chi connectivity index (χ4v) is 3.35. The molecule has 1 N–H and O–H groups in total. The van der Waals surface area contributed by atoms with Crippen molar-refractivity contribution in [2.75, 3.05) is 19.6 Å². The molecule has 2 atom stereocenters. The normalized spacial score (nSPS) is 29.9. The van der Waals surface area contributed by atoms with Gasteiger partial charge >= 0.3 is 0 Å². The monoisotopic (exact) mass is 230 g/mol. The van der Waals surface area contributed by atoms with E-state index in [1.807, 2.05) is 0 Å². The first-order valence-corrected chi connectivity index (χ1v) is 6.90. The molecule has 17 heavy (non-hydrogen) atoms. The summed E-state index contributed by atoms with van der Waals surface area (Å²) in [7, 11) is 0. The Morgan fingerprint density at radius 2 is 2.18 bits per heavy atom. The van der Waals surface area contributed by atoms with Gasteiger partial charge in [0.1, 0.15) is 0 Å². The highest BCUT2D eigenvalue weighted by Crippen LogP contribution is 2.34. The Kier molecular flexibility index (Phi) is 3.17. The Balaban J connectivity index is 1.84. The topological polar surface area (TPSA) is 15.3 Å². The van der Waals surface area contributed by atoms with Crippen LogP contribution in [0, 0.1) is 0 Å². The van der Waals surface area contributed by atoms with Gasteiger partial charge in [0, 0.05) is 31.7 Å². The smallest absolute Gasteiger partial charge is 0.0352 e. The molecule has 0 spiro atoms. The summed E-state index contributed by atoms with van der Waals surface area (Å²) in [6.07, 6.45) is 3.96. The van der Waals surface area contributed by atoms with Crippen molar-refractivity contribution in [2.24, 2.45) is 0 Å². The molecule has 1 heterocycles. The van der Waals surface area contributed by atoms with Gasteiger partial charge in [-0.2, -0.15) is 0 Å². The van der Waals surface area contributed by atoms with Crippen molar-refractivity contribution in [2.45, 2.75) is 38.3 Å². The zero-order valence-corrected chi connectivity index (χ0v) is 10.7. The SMILES string of the molecule is CC1CN(C2CCCc3ccccc32)CCN1. The molecule has 1 aromatic carbocycles. The maximum Gasteiger partial charge on any atom is 0.0352 e. The van der Waals surface area contributed by atoms with Gasteiger partial charge in [-0.05, 0) is 37.3 Å². The first kappa shape index (κ1) is 11.2. The standard InChI is InChI=1S/C15H22N2/c1-12-11-17(10-9-16-12)15-8-4-6-13-5-2-3-7-14(13)15/h2-3,5,7,12,15-16H,4,6,8-11H2,1H3. The quantitative estimate of drug-likeness (QED) is 0.796. The van der Waals surface area contributed by atoms with Gasteiger partial charge in [-0.1, -0.05) is 24.3 Å². The Bertz CT molecular complexity index is 388. The number of hydrogen-bond donors (Lipinski definition) is 1. The van der Waals surface area contributed by atoms with E-state index in [-0.39, 0.29) is 0 Å². The minimum atomic E-state index is 0.637. The number of piperazine rings is 1. The molecule has 2 nitrogen and oxygen atoms in total. The van der Waals surface area contributed by atoms with Crippen LogP contribution in [0.4, 0.5) is 0 Å². The van der Waals surface area contributed by atoms with Crippen molar-refractivity contribution in [3.63, 3.8) is 0 Å². The molecule has 1 fully saturated rings. The zero-order chi connectivity index (χ0) is 11.7. The highest BCUT2D eigenvalue weighted by atomic mass is 15.2. The number of fused-ring (bicyclic) bond motifs is 1. The lowest BCUT2D eigenvalue weighted by Crippen LogP contribution is -2.50.